The fourth-order valence-electron chi connectivity index (χ4n) is 2.72. The van der Waals surface area contributed by atoms with Crippen molar-refractivity contribution in [2.24, 2.45) is 5.16 Å². The van der Waals surface area contributed by atoms with E-state index < -0.39 is 30.2 Å². The number of rotatable bonds is 8. The van der Waals surface area contributed by atoms with Gasteiger partial charge in [0.2, 0.25) is 0 Å². The first-order chi connectivity index (χ1) is 15.8. The zero-order chi connectivity index (χ0) is 23.7. The number of benzene rings is 3. The van der Waals surface area contributed by atoms with Crippen LogP contribution in [-0.4, -0.2) is 24.6 Å². The number of anilines is 3. The van der Waals surface area contributed by atoms with Crippen molar-refractivity contribution in [2.75, 3.05) is 16.9 Å². The molecule has 0 aromatic heterocycles. The lowest BCUT2D eigenvalue weighted by Crippen LogP contribution is -2.40. The third-order valence-electron chi connectivity index (χ3n) is 4.16. The molecule has 0 saturated heterocycles. The van der Waals surface area contributed by atoms with E-state index in [1.807, 2.05) is 60.7 Å². The van der Waals surface area contributed by atoms with Crippen molar-refractivity contribution in [2.45, 2.75) is 6.18 Å². The highest BCUT2D eigenvalue weighted by molar-refractivity contribution is 6.31. The molecule has 3 rings (SSSR count). The Hall–Kier alpha value is -4.34. The number of nitrogens with zero attached hydrogens (tertiary/aromatic N) is 2. The summed E-state index contributed by atoms with van der Waals surface area (Å²) < 4.78 is 38.2. The summed E-state index contributed by atoms with van der Waals surface area (Å²) in [5, 5.41) is 7.20. The lowest BCUT2D eigenvalue weighted by atomic mass is 10.2. The number of nitrogens with one attached hydrogen (secondary N) is 2. The second-order valence-electron chi connectivity index (χ2n) is 6.62. The first-order valence-electron chi connectivity index (χ1n) is 9.66. The third-order valence-corrected chi connectivity index (χ3v) is 4.16. The SMILES string of the molecule is O=C(/C=N\OCC(=O)NN(c1ccccc1)c1ccccc1)Nc1cccc(C(F)(F)F)c1. The molecule has 170 valence electrons. The number of halogens is 3. The monoisotopic (exact) mass is 456 g/mol. The van der Waals surface area contributed by atoms with Crippen LogP contribution in [0.5, 0.6) is 0 Å². The van der Waals surface area contributed by atoms with Gasteiger partial charge in [-0.3, -0.25) is 20.0 Å². The fraction of sp³-hybridized carbons (Fsp3) is 0.0870. The van der Waals surface area contributed by atoms with Gasteiger partial charge in [-0.15, -0.1) is 0 Å². The molecule has 0 unspecified atom stereocenters. The Kier molecular flexibility index (Phi) is 7.64. The number of para-hydroxylation sites is 2. The van der Waals surface area contributed by atoms with E-state index in [0.717, 1.165) is 18.3 Å². The van der Waals surface area contributed by atoms with Crippen molar-refractivity contribution in [1.29, 1.82) is 0 Å². The van der Waals surface area contributed by atoms with E-state index in [1.165, 1.54) is 12.1 Å². The Morgan fingerprint density at radius 2 is 1.52 bits per heavy atom. The molecule has 0 atom stereocenters. The van der Waals surface area contributed by atoms with Crippen molar-refractivity contribution in [3.8, 4) is 0 Å². The lowest BCUT2D eigenvalue weighted by molar-refractivity contribution is -0.137. The molecule has 33 heavy (non-hydrogen) atoms. The van der Waals surface area contributed by atoms with Crippen LogP contribution in [0.25, 0.3) is 0 Å². The summed E-state index contributed by atoms with van der Waals surface area (Å²) in [6.45, 7) is -0.497. The molecule has 0 spiro atoms. The molecule has 7 nitrogen and oxygen atoms in total. The Bertz CT molecular complexity index is 1070. The summed E-state index contributed by atoms with van der Waals surface area (Å²) >= 11 is 0. The molecule has 0 aliphatic carbocycles. The molecule has 3 aromatic carbocycles. The average Bonchev–Trinajstić information content (AvgIpc) is 2.81. The minimum absolute atomic E-state index is 0.0552. The topological polar surface area (TPSA) is 83.0 Å². The van der Waals surface area contributed by atoms with Gasteiger partial charge in [0.05, 0.1) is 16.9 Å². The Morgan fingerprint density at radius 1 is 0.909 bits per heavy atom. The molecule has 3 aromatic rings. The van der Waals surface area contributed by atoms with E-state index in [-0.39, 0.29) is 5.69 Å². The maximum Gasteiger partial charge on any atom is 0.416 e. The molecule has 0 aliphatic rings. The summed E-state index contributed by atoms with van der Waals surface area (Å²) in [6.07, 6.45) is -3.81. The van der Waals surface area contributed by atoms with E-state index in [2.05, 4.69) is 15.9 Å². The summed E-state index contributed by atoms with van der Waals surface area (Å²) in [5.74, 6) is -1.36. The largest absolute Gasteiger partial charge is 0.416 e. The van der Waals surface area contributed by atoms with Gasteiger partial charge in [0.25, 0.3) is 11.8 Å². The normalized spacial score (nSPS) is 11.1. The fourth-order valence-corrected chi connectivity index (χ4v) is 2.72. The van der Waals surface area contributed by atoms with Crippen LogP contribution in [0.2, 0.25) is 0 Å². The molecule has 2 N–H and O–H groups in total. The van der Waals surface area contributed by atoms with Crippen molar-refractivity contribution in [3.05, 3.63) is 90.5 Å². The van der Waals surface area contributed by atoms with Crippen LogP contribution in [0.4, 0.5) is 30.2 Å². The van der Waals surface area contributed by atoms with Crippen molar-refractivity contribution >= 4 is 35.1 Å². The van der Waals surface area contributed by atoms with Crippen LogP contribution in [0.3, 0.4) is 0 Å². The minimum atomic E-state index is -4.53. The Balaban J connectivity index is 1.53. The zero-order valence-corrected chi connectivity index (χ0v) is 17.1. The molecular weight excluding hydrogens is 437 g/mol. The van der Waals surface area contributed by atoms with Crippen LogP contribution in [-0.2, 0) is 20.6 Å². The van der Waals surface area contributed by atoms with Gasteiger partial charge in [-0.05, 0) is 42.5 Å². The van der Waals surface area contributed by atoms with Crippen LogP contribution >= 0.6 is 0 Å². The summed E-state index contributed by atoms with van der Waals surface area (Å²) in [4.78, 5) is 29.0. The molecule has 0 fully saturated rings. The highest BCUT2D eigenvalue weighted by Crippen LogP contribution is 2.30. The van der Waals surface area contributed by atoms with Crippen LogP contribution < -0.4 is 15.8 Å². The zero-order valence-electron chi connectivity index (χ0n) is 17.1. The molecule has 10 heteroatoms. The van der Waals surface area contributed by atoms with Gasteiger partial charge in [-0.25, -0.2) is 0 Å². The van der Waals surface area contributed by atoms with Crippen LogP contribution in [0.15, 0.2) is 90.1 Å². The predicted molar refractivity (Wildman–Crippen MR) is 118 cm³/mol. The molecule has 0 radical (unpaired) electrons. The van der Waals surface area contributed by atoms with E-state index in [4.69, 9.17) is 4.84 Å². The van der Waals surface area contributed by atoms with Gasteiger partial charge in [-0.2, -0.15) is 13.2 Å². The maximum absolute atomic E-state index is 12.7. The third kappa shape index (κ3) is 7.10. The first-order valence-corrected chi connectivity index (χ1v) is 9.66. The first kappa shape index (κ1) is 23.3. The van der Waals surface area contributed by atoms with Crippen molar-refractivity contribution < 1.29 is 27.6 Å². The second kappa shape index (κ2) is 10.8. The van der Waals surface area contributed by atoms with E-state index in [0.29, 0.717) is 11.4 Å². The highest BCUT2D eigenvalue weighted by Gasteiger charge is 2.30. The number of alkyl halides is 3. The van der Waals surface area contributed by atoms with E-state index in [9.17, 15) is 22.8 Å². The Labute approximate surface area is 187 Å². The highest BCUT2D eigenvalue weighted by atomic mass is 19.4. The van der Waals surface area contributed by atoms with Gasteiger partial charge in [0, 0.05) is 5.69 Å². The van der Waals surface area contributed by atoms with Crippen LogP contribution in [0, 0.1) is 0 Å². The van der Waals surface area contributed by atoms with Gasteiger partial charge in [-0.1, -0.05) is 47.6 Å². The number of oxime groups is 1. The standard InChI is InChI=1S/C23H19F3N4O3/c24-23(25,26)17-8-7-9-18(14-17)28-21(31)15-27-33-16-22(32)29-30(19-10-3-1-4-11-19)20-12-5-2-6-13-20/h1-15H,16H2,(H,28,31)(H,29,32)/b27-15-. The second-order valence-corrected chi connectivity index (χ2v) is 6.62. The predicted octanol–water partition coefficient (Wildman–Crippen LogP) is 4.52. The van der Waals surface area contributed by atoms with Gasteiger partial charge in [0.1, 0.15) is 6.21 Å². The minimum Gasteiger partial charge on any atom is -0.385 e. The number of carbonyl (C=O) groups is 2. The van der Waals surface area contributed by atoms with E-state index in [1.54, 1.807) is 5.01 Å². The number of amides is 2. The molecule has 0 bridgehead atoms. The van der Waals surface area contributed by atoms with Gasteiger partial charge >= 0.3 is 6.18 Å². The smallest absolute Gasteiger partial charge is 0.385 e. The molecule has 2 amide bonds. The van der Waals surface area contributed by atoms with Crippen molar-refractivity contribution in [1.82, 2.24) is 5.43 Å². The maximum atomic E-state index is 12.7. The van der Waals surface area contributed by atoms with Crippen LogP contribution in [0.1, 0.15) is 5.56 Å². The van der Waals surface area contributed by atoms with Gasteiger partial charge < -0.3 is 10.2 Å². The molecule has 0 saturated carbocycles. The molecule has 0 heterocycles. The van der Waals surface area contributed by atoms with E-state index >= 15 is 0 Å². The number of carbonyl (C=O) groups excluding carboxylic acids is 2. The molecular formula is C23H19F3N4O3. The number of hydrogen-bond donors (Lipinski definition) is 2. The number of hydrazine groups is 1. The summed E-state index contributed by atoms with van der Waals surface area (Å²) in [7, 11) is 0. The summed E-state index contributed by atoms with van der Waals surface area (Å²) in [5.41, 5.74) is 3.15. The van der Waals surface area contributed by atoms with Crippen molar-refractivity contribution in [3.63, 3.8) is 0 Å². The molecule has 0 aliphatic heterocycles. The van der Waals surface area contributed by atoms with Gasteiger partial charge in [0.15, 0.2) is 6.61 Å². The number of hydrogen-bond acceptors (Lipinski definition) is 5. The Morgan fingerprint density at radius 3 is 2.09 bits per heavy atom. The average molecular weight is 456 g/mol. The summed E-state index contributed by atoms with van der Waals surface area (Å²) in [6, 6.07) is 22.4. The lowest BCUT2D eigenvalue weighted by Gasteiger charge is -2.25. The quantitative estimate of drug-likeness (QED) is 0.386.